The number of benzene rings is 2. The van der Waals surface area contributed by atoms with Gasteiger partial charge in [0.2, 0.25) is 5.91 Å². The number of anilines is 1. The third kappa shape index (κ3) is 6.43. The maximum absolute atomic E-state index is 13.1. The summed E-state index contributed by atoms with van der Waals surface area (Å²) in [7, 11) is 1.33. The number of nitrogens with zero attached hydrogens (tertiary/aromatic N) is 2. The lowest BCUT2D eigenvalue weighted by molar-refractivity contribution is -0.146. The van der Waals surface area contributed by atoms with Crippen molar-refractivity contribution in [3.63, 3.8) is 0 Å². The fourth-order valence-electron chi connectivity index (χ4n) is 4.61. The van der Waals surface area contributed by atoms with Gasteiger partial charge >= 0.3 is 5.97 Å². The Hall–Kier alpha value is -3.52. The van der Waals surface area contributed by atoms with Crippen molar-refractivity contribution >= 4 is 34.8 Å². The second-order valence-corrected chi connectivity index (χ2v) is 10.3. The van der Waals surface area contributed by atoms with Gasteiger partial charge in [0.1, 0.15) is 5.69 Å². The third-order valence-corrected chi connectivity index (χ3v) is 7.89. The highest BCUT2D eigenvalue weighted by molar-refractivity contribution is 7.10. The molecule has 1 saturated heterocycles. The Balaban J connectivity index is 1.37. The number of carbonyl (C=O) groups excluding carboxylic acids is 3. The summed E-state index contributed by atoms with van der Waals surface area (Å²) in [6, 6.07) is 16.2. The molecule has 0 bridgehead atoms. The lowest BCUT2D eigenvalue weighted by atomic mass is 9.96. The van der Waals surface area contributed by atoms with Gasteiger partial charge in [0.05, 0.1) is 18.5 Å². The molecule has 37 heavy (non-hydrogen) atoms. The van der Waals surface area contributed by atoms with Gasteiger partial charge in [0, 0.05) is 41.6 Å². The van der Waals surface area contributed by atoms with E-state index in [1.165, 1.54) is 24.0 Å². The molecule has 1 aromatic heterocycles. The third-order valence-electron chi connectivity index (χ3n) is 6.88. The molecule has 7 nitrogen and oxygen atoms in total. The summed E-state index contributed by atoms with van der Waals surface area (Å²) in [6.07, 6.45) is 2.63. The first kappa shape index (κ1) is 26.5. The Labute approximate surface area is 221 Å². The highest BCUT2D eigenvalue weighted by Crippen LogP contribution is 2.32. The molecule has 1 aliphatic rings. The maximum Gasteiger partial charge on any atom is 0.306 e. The summed E-state index contributed by atoms with van der Waals surface area (Å²) in [5.41, 5.74) is 4.44. The van der Waals surface area contributed by atoms with E-state index in [4.69, 9.17) is 0 Å². The normalized spacial score (nSPS) is 14.7. The summed E-state index contributed by atoms with van der Waals surface area (Å²) in [4.78, 5) is 43.7. The van der Waals surface area contributed by atoms with Crippen molar-refractivity contribution in [3.8, 4) is 11.1 Å². The van der Waals surface area contributed by atoms with E-state index in [1.54, 1.807) is 12.3 Å². The molecule has 1 N–H and O–H groups in total. The van der Waals surface area contributed by atoms with Crippen LogP contribution in [-0.2, 0) is 20.7 Å². The fourth-order valence-corrected chi connectivity index (χ4v) is 5.58. The Kier molecular flexibility index (Phi) is 8.71. The van der Waals surface area contributed by atoms with E-state index in [-0.39, 0.29) is 30.1 Å². The summed E-state index contributed by atoms with van der Waals surface area (Å²) in [5, 5.41) is 5.76. The molecule has 0 spiro atoms. The van der Waals surface area contributed by atoms with E-state index in [0.29, 0.717) is 18.8 Å². The van der Waals surface area contributed by atoms with Crippen LogP contribution in [0.4, 0.5) is 5.69 Å². The van der Waals surface area contributed by atoms with Crippen LogP contribution in [0.1, 0.15) is 60.1 Å². The summed E-state index contributed by atoms with van der Waals surface area (Å²) < 4.78 is 4.68. The minimum Gasteiger partial charge on any atom is -0.469 e. The first-order valence-corrected chi connectivity index (χ1v) is 13.6. The number of hydrogen-bond acceptors (Lipinski definition) is 6. The number of rotatable bonds is 8. The lowest BCUT2D eigenvalue weighted by Gasteiger charge is -2.32. The zero-order valence-corrected chi connectivity index (χ0v) is 22.3. The number of likely N-dealkylation sites (tertiary alicyclic amines) is 1. The number of aryl methyl sites for hydroxylation is 1. The first-order valence-electron chi connectivity index (χ1n) is 12.7. The Morgan fingerprint density at radius 1 is 1.11 bits per heavy atom. The molecule has 8 heteroatoms. The molecule has 1 fully saturated rings. The molecule has 0 aliphatic carbocycles. The van der Waals surface area contributed by atoms with E-state index in [0.717, 1.165) is 41.1 Å². The van der Waals surface area contributed by atoms with E-state index in [2.05, 4.69) is 46.2 Å². The molecule has 4 rings (SSSR count). The number of para-hydroxylation sites is 1. The molecule has 0 radical (unpaired) electrons. The van der Waals surface area contributed by atoms with Crippen molar-refractivity contribution in [2.45, 2.75) is 45.4 Å². The van der Waals surface area contributed by atoms with Gasteiger partial charge in [-0.25, -0.2) is 4.98 Å². The number of aromatic nitrogens is 1. The smallest absolute Gasteiger partial charge is 0.306 e. The minimum absolute atomic E-state index is 0.0222. The standard InChI is InChI=1S/C29H33N3O4S/c1-4-20-9-11-21(12-10-20)23-7-5-6-8-24(23)30-27(34)25-18-37-28(31-25)22-13-15-32(16-14-22)29(35)19(2)17-26(33)36-3/h5-12,18-19,22H,4,13-17H2,1-3H3,(H,30,34)/t19-/m1/s1. The number of nitrogens with one attached hydrogen (secondary N) is 1. The van der Waals surface area contributed by atoms with Crippen molar-refractivity contribution in [1.82, 2.24) is 9.88 Å². The number of hydrogen-bond donors (Lipinski definition) is 1. The molecular formula is C29H33N3O4S. The van der Waals surface area contributed by atoms with Gasteiger partial charge in [-0.05, 0) is 36.5 Å². The van der Waals surface area contributed by atoms with E-state index in [1.807, 2.05) is 29.2 Å². The molecule has 0 unspecified atom stereocenters. The van der Waals surface area contributed by atoms with Gasteiger partial charge in [0.25, 0.3) is 5.91 Å². The van der Waals surface area contributed by atoms with Crippen LogP contribution in [0.3, 0.4) is 0 Å². The highest BCUT2D eigenvalue weighted by atomic mass is 32.1. The van der Waals surface area contributed by atoms with Crippen LogP contribution in [-0.4, -0.2) is 47.9 Å². The zero-order valence-electron chi connectivity index (χ0n) is 21.5. The maximum atomic E-state index is 13.1. The number of amides is 2. The topological polar surface area (TPSA) is 88.6 Å². The monoisotopic (exact) mass is 519 g/mol. The molecule has 1 aliphatic heterocycles. The molecule has 1 atom stereocenters. The number of esters is 1. The highest BCUT2D eigenvalue weighted by Gasteiger charge is 2.29. The number of methoxy groups -OCH3 is 1. The summed E-state index contributed by atoms with van der Waals surface area (Å²) in [5.74, 6) is -0.820. The van der Waals surface area contributed by atoms with E-state index >= 15 is 0 Å². The Morgan fingerprint density at radius 3 is 2.49 bits per heavy atom. The minimum atomic E-state index is -0.397. The quantitative estimate of drug-likeness (QED) is 0.395. The number of carbonyl (C=O) groups is 3. The van der Waals surface area contributed by atoms with Crippen LogP contribution >= 0.6 is 11.3 Å². The molecular weight excluding hydrogens is 486 g/mol. The molecule has 0 saturated carbocycles. The van der Waals surface area contributed by atoms with Crippen molar-refractivity contribution in [3.05, 3.63) is 70.2 Å². The molecule has 2 amide bonds. The summed E-state index contributed by atoms with van der Waals surface area (Å²) in [6.45, 7) is 5.11. The van der Waals surface area contributed by atoms with Gasteiger partial charge in [-0.1, -0.05) is 56.3 Å². The number of thiazole rings is 1. The lowest BCUT2D eigenvalue weighted by Crippen LogP contribution is -2.41. The van der Waals surface area contributed by atoms with Crippen LogP contribution in [0, 0.1) is 5.92 Å². The zero-order chi connectivity index (χ0) is 26.4. The predicted octanol–water partition coefficient (Wildman–Crippen LogP) is 5.53. The first-order chi connectivity index (χ1) is 17.9. The largest absolute Gasteiger partial charge is 0.469 e. The van der Waals surface area contributed by atoms with Gasteiger partial charge < -0.3 is 15.0 Å². The van der Waals surface area contributed by atoms with Crippen LogP contribution in [0.15, 0.2) is 53.9 Å². The van der Waals surface area contributed by atoms with Gasteiger partial charge in [0.15, 0.2) is 0 Å². The Bertz CT molecular complexity index is 1250. The fraction of sp³-hybridized carbons (Fsp3) is 0.379. The van der Waals surface area contributed by atoms with Crippen LogP contribution in [0.2, 0.25) is 0 Å². The SMILES string of the molecule is CCc1ccc(-c2ccccc2NC(=O)c2csc(C3CCN(C(=O)[C@H](C)CC(=O)OC)CC3)n2)cc1. The number of piperidine rings is 1. The van der Waals surface area contributed by atoms with Crippen molar-refractivity contribution < 1.29 is 19.1 Å². The van der Waals surface area contributed by atoms with Crippen LogP contribution < -0.4 is 5.32 Å². The average Bonchev–Trinajstić information content (AvgIpc) is 3.44. The van der Waals surface area contributed by atoms with Gasteiger partial charge in [-0.2, -0.15) is 0 Å². The predicted molar refractivity (Wildman–Crippen MR) is 146 cm³/mol. The van der Waals surface area contributed by atoms with Crippen LogP contribution in [0.25, 0.3) is 11.1 Å². The van der Waals surface area contributed by atoms with Crippen molar-refractivity contribution in [2.24, 2.45) is 5.92 Å². The second kappa shape index (κ2) is 12.1. The van der Waals surface area contributed by atoms with E-state index in [9.17, 15) is 14.4 Å². The van der Waals surface area contributed by atoms with Gasteiger partial charge in [-0.3, -0.25) is 14.4 Å². The molecule has 2 aromatic carbocycles. The van der Waals surface area contributed by atoms with Gasteiger partial charge in [-0.15, -0.1) is 11.3 Å². The second-order valence-electron chi connectivity index (χ2n) is 9.40. The average molecular weight is 520 g/mol. The molecule has 194 valence electrons. The van der Waals surface area contributed by atoms with E-state index < -0.39 is 5.92 Å². The van der Waals surface area contributed by atoms with Crippen molar-refractivity contribution in [1.29, 1.82) is 0 Å². The molecule has 2 heterocycles. The van der Waals surface area contributed by atoms with Crippen LogP contribution in [0.5, 0.6) is 0 Å². The molecule has 3 aromatic rings. The number of ether oxygens (including phenoxy) is 1. The Morgan fingerprint density at radius 2 is 1.81 bits per heavy atom. The van der Waals surface area contributed by atoms with Crippen molar-refractivity contribution in [2.75, 3.05) is 25.5 Å². The summed E-state index contributed by atoms with van der Waals surface area (Å²) >= 11 is 1.49.